The second kappa shape index (κ2) is 7.94. The summed E-state index contributed by atoms with van der Waals surface area (Å²) in [7, 11) is 3.51. The SMILES string of the molecule is COCCCNC(=O)CN1CCC[C@@H]1c1c(C)nn(C)c1Cl. The lowest BCUT2D eigenvalue weighted by Gasteiger charge is -2.24. The number of nitrogens with one attached hydrogen (secondary N) is 1. The molecular formula is C15H25ClN4O2. The molecule has 0 saturated carbocycles. The van der Waals surface area contributed by atoms with E-state index >= 15 is 0 Å². The predicted octanol–water partition coefficient (Wildman–Crippen LogP) is 1.67. The van der Waals surface area contributed by atoms with Crippen molar-refractivity contribution >= 4 is 17.5 Å². The minimum Gasteiger partial charge on any atom is -0.385 e. The maximum atomic E-state index is 12.1. The molecule has 1 atom stereocenters. The molecule has 0 spiro atoms. The maximum absolute atomic E-state index is 12.1. The average molecular weight is 329 g/mol. The average Bonchev–Trinajstić information content (AvgIpc) is 3.00. The van der Waals surface area contributed by atoms with Gasteiger partial charge in [0.05, 0.1) is 12.2 Å². The highest BCUT2D eigenvalue weighted by Crippen LogP contribution is 2.37. The fourth-order valence-corrected chi connectivity index (χ4v) is 3.35. The molecule has 0 radical (unpaired) electrons. The normalized spacial score (nSPS) is 18.8. The summed E-state index contributed by atoms with van der Waals surface area (Å²) in [6.45, 7) is 4.61. The number of aryl methyl sites for hydroxylation is 2. The molecule has 1 aliphatic rings. The Morgan fingerprint density at radius 2 is 2.32 bits per heavy atom. The number of aromatic nitrogens is 2. The van der Waals surface area contributed by atoms with Crippen molar-refractivity contribution in [3.63, 3.8) is 0 Å². The molecule has 1 N–H and O–H groups in total. The maximum Gasteiger partial charge on any atom is 0.234 e. The van der Waals surface area contributed by atoms with E-state index in [9.17, 15) is 4.79 Å². The van der Waals surface area contributed by atoms with Gasteiger partial charge in [-0.25, -0.2) is 0 Å². The number of halogens is 1. The van der Waals surface area contributed by atoms with Crippen molar-refractivity contribution < 1.29 is 9.53 Å². The Kier molecular flexibility index (Phi) is 6.23. The van der Waals surface area contributed by atoms with Crippen LogP contribution in [0.5, 0.6) is 0 Å². The topological polar surface area (TPSA) is 59.4 Å². The second-order valence-electron chi connectivity index (χ2n) is 5.74. The summed E-state index contributed by atoms with van der Waals surface area (Å²) in [4.78, 5) is 14.3. The van der Waals surface area contributed by atoms with Gasteiger partial charge < -0.3 is 10.1 Å². The molecule has 124 valence electrons. The van der Waals surface area contributed by atoms with Gasteiger partial charge in [0, 0.05) is 38.9 Å². The smallest absolute Gasteiger partial charge is 0.234 e. The van der Waals surface area contributed by atoms with Crippen molar-refractivity contribution in [2.24, 2.45) is 7.05 Å². The van der Waals surface area contributed by atoms with Crippen LogP contribution < -0.4 is 5.32 Å². The van der Waals surface area contributed by atoms with Crippen molar-refractivity contribution in [2.45, 2.75) is 32.2 Å². The number of rotatable bonds is 7. The Labute approximate surface area is 136 Å². The quantitative estimate of drug-likeness (QED) is 0.774. The van der Waals surface area contributed by atoms with E-state index in [2.05, 4.69) is 15.3 Å². The first-order chi connectivity index (χ1) is 10.5. The van der Waals surface area contributed by atoms with Crippen LogP contribution in [0.25, 0.3) is 0 Å². The highest BCUT2D eigenvalue weighted by molar-refractivity contribution is 6.30. The van der Waals surface area contributed by atoms with Crippen LogP contribution in [-0.4, -0.2) is 53.9 Å². The number of carbonyl (C=O) groups is 1. The molecule has 1 aromatic rings. The van der Waals surface area contributed by atoms with E-state index in [1.165, 1.54) is 0 Å². The number of carbonyl (C=O) groups excluding carboxylic acids is 1. The molecule has 1 amide bonds. The minimum absolute atomic E-state index is 0.0562. The van der Waals surface area contributed by atoms with Gasteiger partial charge in [-0.1, -0.05) is 11.6 Å². The van der Waals surface area contributed by atoms with Crippen molar-refractivity contribution in [1.82, 2.24) is 20.0 Å². The zero-order valence-electron chi connectivity index (χ0n) is 13.6. The molecule has 0 unspecified atom stereocenters. The molecule has 0 aromatic carbocycles. The van der Waals surface area contributed by atoms with E-state index < -0.39 is 0 Å². The number of amides is 1. The highest BCUT2D eigenvalue weighted by Gasteiger charge is 2.31. The third-order valence-electron chi connectivity index (χ3n) is 4.09. The number of hydrogen-bond acceptors (Lipinski definition) is 4. The monoisotopic (exact) mass is 328 g/mol. The fourth-order valence-electron chi connectivity index (χ4n) is 3.05. The first-order valence-electron chi connectivity index (χ1n) is 7.73. The first kappa shape index (κ1) is 17.2. The van der Waals surface area contributed by atoms with Gasteiger partial charge in [-0.3, -0.25) is 14.4 Å². The van der Waals surface area contributed by atoms with Crippen LogP contribution in [-0.2, 0) is 16.6 Å². The van der Waals surface area contributed by atoms with E-state index in [1.54, 1.807) is 11.8 Å². The van der Waals surface area contributed by atoms with Crippen LogP contribution in [0.4, 0.5) is 0 Å². The van der Waals surface area contributed by atoms with Gasteiger partial charge in [0.1, 0.15) is 5.15 Å². The summed E-state index contributed by atoms with van der Waals surface area (Å²) in [5.74, 6) is 0.0562. The molecule has 0 bridgehead atoms. The summed E-state index contributed by atoms with van der Waals surface area (Å²) in [6, 6.07) is 0.186. The molecule has 6 nitrogen and oxygen atoms in total. The number of nitrogens with zero attached hydrogens (tertiary/aromatic N) is 3. The summed E-state index contributed by atoms with van der Waals surface area (Å²) in [6.07, 6.45) is 2.93. The van der Waals surface area contributed by atoms with Gasteiger partial charge in [0.15, 0.2) is 0 Å². The van der Waals surface area contributed by atoms with Gasteiger partial charge in [0.2, 0.25) is 5.91 Å². The van der Waals surface area contributed by atoms with Gasteiger partial charge >= 0.3 is 0 Å². The highest BCUT2D eigenvalue weighted by atomic mass is 35.5. The van der Waals surface area contributed by atoms with Gasteiger partial charge in [-0.2, -0.15) is 5.10 Å². The molecule has 7 heteroatoms. The second-order valence-corrected chi connectivity index (χ2v) is 6.10. The zero-order chi connectivity index (χ0) is 16.1. The third kappa shape index (κ3) is 4.00. The van der Waals surface area contributed by atoms with E-state index in [1.807, 2.05) is 14.0 Å². The third-order valence-corrected chi connectivity index (χ3v) is 4.54. The molecule has 1 aliphatic heterocycles. The van der Waals surface area contributed by atoms with Crippen LogP contribution in [0.2, 0.25) is 5.15 Å². The van der Waals surface area contributed by atoms with Crippen LogP contribution in [0.1, 0.15) is 36.6 Å². The molecule has 22 heavy (non-hydrogen) atoms. The molecule has 1 aromatic heterocycles. The Morgan fingerprint density at radius 3 is 2.95 bits per heavy atom. The Morgan fingerprint density at radius 1 is 1.55 bits per heavy atom. The molecule has 1 saturated heterocycles. The fraction of sp³-hybridized carbons (Fsp3) is 0.733. The Hall–Kier alpha value is -1.11. The molecular weight excluding hydrogens is 304 g/mol. The number of likely N-dealkylation sites (tertiary alicyclic amines) is 1. The van der Waals surface area contributed by atoms with Gasteiger partial charge in [-0.05, 0) is 32.7 Å². The molecule has 0 aliphatic carbocycles. The van der Waals surface area contributed by atoms with Crippen LogP contribution in [0, 0.1) is 6.92 Å². The molecule has 1 fully saturated rings. The van der Waals surface area contributed by atoms with Crippen LogP contribution in [0.15, 0.2) is 0 Å². The summed E-state index contributed by atoms with van der Waals surface area (Å²) in [5.41, 5.74) is 2.01. The number of methoxy groups -OCH3 is 1. The largest absolute Gasteiger partial charge is 0.385 e. The van der Waals surface area contributed by atoms with E-state index in [0.29, 0.717) is 24.8 Å². The minimum atomic E-state index is 0.0562. The lowest BCUT2D eigenvalue weighted by molar-refractivity contribution is -0.122. The van der Waals surface area contributed by atoms with Crippen LogP contribution >= 0.6 is 11.6 Å². The Balaban J connectivity index is 1.95. The summed E-state index contributed by atoms with van der Waals surface area (Å²) >= 11 is 6.37. The lowest BCUT2D eigenvalue weighted by atomic mass is 10.1. The van der Waals surface area contributed by atoms with E-state index in [4.69, 9.17) is 16.3 Å². The molecule has 2 rings (SSSR count). The standard InChI is InChI=1S/C15H25ClN4O2/c1-11-14(15(16)19(2)18-11)12-6-4-8-20(12)10-13(21)17-7-5-9-22-3/h12H,4-10H2,1-3H3,(H,17,21)/t12-/m1/s1. The van der Waals surface area contributed by atoms with Gasteiger partial charge in [0.25, 0.3) is 0 Å². The summed E-state index contributed by atoms with van der Waals surface area (Å²) < 4.78 is 6.68. The first-order valence-corrected chi connectivity index (χ1v) is 8.11. The van der Waals surface area contributed by atoms with E-state index in [0.717, 1.165) is 37.1 Å². The zero-order valence-corrected chi connectivity index (χ0v) is 14.3. The van der Waals surface area contributed by atoms with Gasteiger partial charge in [-0.15, -0.1) is 0 Å². The lowest BCUT2D eigenvalue weighted by Crippen LogP contribution is -2.37. The van der Waals surface area contributed by atoms with Crippen molar-refractivity contribution in [1.29, 1.82) is 0 Å². The predicted molar refractivity (Wildman–Crippen MR) is 86.0 cm³/mol. The molecule has 2 heterocycles. The Bertz CT molecular complexity index is 518. The van der Waals surface area contributed by atoms with E-state index in [-0.39, 0.29) is 11.9 Å². The van der Waals surface area contributed by atoms with Crippen molar-refractivity contribution in [3.05, 3.63) is 16.4 Å². The van der Waals surface area contributed by atoms with Crippen molar-refractivity contribution in [2.75, 3.05) is 33.4 Å². The number of ether oxygens (including phenoxy) is 1. The summed E-state index contributed by atoms with van der Waals surface area (Å²) in [5, 5.41) is 7.99. The van der Waals surface area contributed by atoms with Crippen LogP contribution in [0.3, 0.4) is 0 Å². The van der Waals surface area contributed by atoms with Crippen molar-refractivity contribution in [3.8, 4) is 0 Å². The number of hydrogen-bond donors (Lipinski definition) is 1.